The van der Waals surface area contributed by atoms with E-state index in [1.54, 1.807) is 12.1 Å². The van der Waals surface area contributed by atoms with Gasteiger partial charge in [0.25, 0.3) is 0 Å². The molecule has 354 valence electrons. The van der Waals surface area contributed by atoms with Crippen LogP contribution in [0.25, 0.3) is 0 Å². The van der Waals surface area contributed by atoms with Crippen molar-refractivity contribution in [3.8, 4) is 0 Å². The Morgan fingerprint density at radius 3 is 1.23 bits per heavy atom. The van der Waals surface area contributed by atoms with Gasteiger partial charge >= 0.3 is 17.9 Å². The monoisotopic (exact) mass is 901 g/mol. The molecule has 0 bridgehead atoms. The summed E-state index contributed by atoms with van der Waals surface area (Å²) in [5, 5.41) is 0. The SMILES string of the molecule is CC(C)c1ccc(CC(=O)OC(C)(C)C)cc1.CC(C)c1ccc(S(C)(=O)=O)cc1.CC(C)c1cccc(CC(=O)OC(C)(C)C)c1.CC(C)c1ccccc1CC(=O)OC(C)(C)C. The summed E-state index contributed by atoms with van der Waals surface area (Å²) >= 11 is 0. The number of sulfone groups is 1. The highest BCUT2D eigenvalue weighted by Gasteiger charge is 2.19. The van der Waals surface area contributed by atoms with E-state index in [1.807, 2.05) is 117 Å². The third-order valence-corrected chi connectivity index (χ3v) is 10.3. The molecule has 0 spiro atoms. The Kier molecular flexibility index (Phi) is 23.0. The minimum absolute atomic E-state index is 0.161. The molecular formula is C55H80O8S. The molecule has 0 atom stereocenters. The first-order chi connectivity index (χ1) is 29.3. The summed E-state index contributed by atoms with van der Waals surface area (Å²) in [5.74, 6) is 1.36. The molecule has 8 nitrogen and oxygen atoms in total. The van der Waals surface area contributed by atoms with Crippen molar-refractivity contribution < 1.29 is 37.0 Å². The lowest BCUT2D eigenvalue weighted by Gasteiger charge is -2.20. The van der Waals surface area contributed by atoms with Gasteiger partial charge in [-0.05, 0) is 137 Å². The average Bonchev–Trinajstić information content (AvgIpc) is 3.13. The van der Waals surface area contributed by atoms with E-state index in [0.29, 0.717) is 47.8 Å². The molecule has 64 heavy (non-hydrogen) atoms. The van der Waals surface area contributed by atoms with Crippen LogP contribution in [0.3, 0.4) is 0 Å². The minimum atomic E-state index is -3.05. The molecule has 0 fully saturated rings. The normalized spacial score (nSPS) is 11.7. The molecule has 0 saturated carbocycles. The van der Waals surface area contributed by atoms with Gasteiger partial charge in [-0.3, -0.25) is 14.4 Å². The molecule has 0 aromatic heterocycles. The molecule has 0 heterocycles. The molecule has 0 aliphatic carbocycles. The van der Waals surface area contributed by atoms with Crippen LogP contribution in [0, 0.1) is 0 Å². The number of benzene rings is 4. The zero-order valence-electron chi connectivity index (χ0n) is 42.3. The zero-order valence-corrected chi connectivity index (χ0v) is 43.2. The zero-order chi connectivity index (χ0) is 49.2. The summed E-state index contributed by atoms with van der Waals surface area (Å²) in [4.78, 5) is 35.5. The first-order valence-corrected chi connectivity index (χ1v) is 24.4. The van der Waals surface area contributed by atoms with Crippen molar-refractivity contribution in [3.05, 3.63) is 136 Å². The average molecular weight is 901 g/mol. The topological polar surface area (TPSA) is 113 Å². The fraction of sp³-hybridized carbons (Fsp3) is 0.509. The van der Waals surface area contributed by atoms with Crippen LogP contribution in [0.1, 0.15) is 180 Å². The van der Waals surface area contributed by atoms with Crippen molar-refractivity contribution in [2.75, 3.05) is 6.26 Å². The highest BCUT2D eigenvalue weighted by Crippen LogP contribution is 2.22. The van der Waals surface area contributed by atoms with Gasteiger partial charge in [0.2, 0.25) is 0 Å². The van der Waals surface area contributed by atoms with Gasteiger partial charge in [0.05, 0.1) is 24.2 Å². The van der Waals surface area contributed by atoms with Crippen LogP contribution in [0.2, 0.25) is 0 Å². The van der Waals surface area contributed by atoms with Crippen molar-refractivity contribution in [3.63, 3.8) is 0 Å². The van der Waals surface area contributed by atoms with Crippen molar-refractivity contribution >= 4 is 27.7 Å². The van der Waals surface area contributed by atoms with Gasteiger partial charge in [0, 0.05) is 6.26 Å². The van der Waals surface area contributed by atoms with Gasteiger partial charge in [0.1, 0.15) is 16.8 Å². The molecule has 4 aromatic carbocycles. The van der Waals surface area contributed by atoms with E-state index in [1.165, 1.54) is 22.9 Å². The van der Waals surface area contributed by atoms with Crippen LogP contribution >= 0.6 is 0 Å². The minimum Gasteiger partial charge on any atom is -0.460 e. The lowest BCUT2D eigenvalue weighted by molar-refractivity contribution is -0.155. The molecular weight excluding hydrogens is 821 g/mol. The highest BCUT2D eigenvalue weighted by atomic mass is 32.2. The number of carbonyl (C=O) groups is 3. The number of ether oxygens (including phenoxy) is 3. The van der Waals surface area contributed by atoms with Crippen LogP contribution in [0.4, 0.5) is 0 Å². The molecule has 0 amide bonds. The van der Waals surface area contributed by atoms with E-state index in [2.05, 4.69) is 85.7 Å². The number of carbonyl (C=O) groups excluding carboxylic acids is 3. The number of esters is 3. The van der Waals surface area contributed by atoms with Crippen LogP contribution in [0.15, 0.2) is 102 Å². The fourth-order valence-electron chi connectivity index (χ4n) is 6.06. The van der Waals surface area contributed by atoms with Gasteiger partial charge in [-0.25, -0.2) is 8.42 Å². The Balaban J connectivity index is 0.000000429. The van der Waals surface area contributed by atoms with Gasteiger partial charge < -0.3 is 14.2 Å². The molecule has 0 radical (unpaired) electrons. The second kappa shape index (κ2) is 25.7. The predicted molar refractivity (Wildman–Crippen MR) is 264 cm³/mol. The second-order valence-corrected chi connectivity index (χ2v) is 22.5. The first kappa shape index (κ1) is 57.3. The van der Waals surface area contributed by atoms with Crippen molar-refractivity contribution in [1.82, 2.24) is 0 Å². The summed E-state index contributed by atoms with van der Waals surface area (Å²) in [7, 11) is -3.05. The molecule has 0 N–H and O–H groups in total. The lowest BCUT2D eigenvalue weighted by Crippen LogP contribution is -2.25. The predicted octanol–water partition coefficient (Wildman–Crippen LogP) is 13.3. The van der Waals surface area contributed by atoms with Crippen LogP contribution < -0.4 is 0 Å². The summed E-state index contributed by atoms with van der Waals surface area (Å²) < 4.78 is 38.1. The summed E-state index contributed by atoms with van der Waals surface area (Å²) in [6, 6.07) is 31.4. The first-order valence-electron chi connectivity index (χ1n) is 22.5. The number of hydrogen-bond acceptors (Lipinski definition) is 8. The van der Waals surface area contributed by atoms with Gasteiger partial charge in [-0.2, -0.15) is 0 Å². The van der Waals surface area contributed by atoms with E-state index in [9.17, 15) is 22.8 Å². The van der Waals surface area contributed by atoms with E-state index < -0.39 is 26.6 Å². The smallest absolute Gasteiger partial charge is 0.310 e. The highest BCUT2D eigenvalue weighted by molar-refractivity contribution is 7.90. The van der Waals surface area contributed by atoms with Crippen LogP contribution in [-0.2, 0) is 57.7 Å². The fourth-order valence-corrected chi connectivity index (χ4v) is 6.69. The third-order valence-electron chi connectivity index (χ3n) is 9.21. The largest absolute Gasteiger partial charge is 0.460 e. The Labute approximate surface area is 387 Å². The van der Waals surface area contributed by atoms with Crippen molar-refractivity contribution in [1.29, 1.82) is 0 Å². The van der Waals surface area contributed by atoms with E-state index in [0.717, 1.165) is 22.3 Å². The Morgan fingerprint density at radius 1 is 0.453 bits per heavy atom. The Morgan fingerprint density at radius 2 is 0.844 bits per heavy atom. The van der Waals surface area contributed by atoms with E-state index >= 15 is 0 Å². The molecule has 0 aliphatic heterocycles. The quantitative estimate of drug-likeness (QED) is 0.108. The molecule has 0 saturated heterocycles. The van der Waals surface area contributed by atoms with E-state index in [4.69, 9.17) is 14.2 Å². The summed E-state index contributed by atoms with van der Waals surface area (Å²) in [6.07, 6.45) is 2.26. The molecule has 4 aromatic rings. The molecule has 4 rings (SSSR count). The lowest BCUT2D eigenvalue weighted by atomic mass is 9.95. The maximum Gasteiger partial charge on any atom is 0.310 e. The van der Waals surface area contributed by atoms with Crippen LogP contribution in [0.5, 0.6) is 0 Å². The third kappa shape index (κ3) is 24.9. The standard InChI is InChI=1S/3C15H22O2.C10H14O2S/c1-11(2)13-8-6-12(7-9-13)10-14(16)17-15(3,4)5;1-11(2)13-8-6-7-12(9-13)10-14(16)17-15(3,4)5;1-11(2)13-9-7-6-8-12(13)10-14(16)17-15(3,4)5;1-8(2)9-4-6-10(7-5-9)13(3,11)12/h3*6-9,11H,10H2,1-5H3;4-8H,1-3H3. The van der Waals surface area contributed by atoms with Crippen molar-refractivity contribution in [2.45, 2.75) is 182 Å². The number of hydrogen-bond donors (Lipinski definition) is 0. The van der Waals surface area contributed by atoms with E-state index in [-0.39, 0.29) is 17.9 Å². The van der Waals surface area contributed by atoms with Crippen LogP contribution in [-0.4, -0.2) is 49.4 Å². The second-order valence-electron chi connectivity index (χ2n) is 20.4. The van der Waals surface area contributed by atoms with Gasteiger partial charge in [-0.1, -0.05) is 140 Å². The molecule has 9 heteroatoms. The van der Waals surface area contributed by atoms with Gasteiger partial charge in [0.15, 0.2) is 9.84 Å². The molecule has 0 unspecified atom stereocenters. The number of rotatable bonds is 11. The Bertz CT molecular complexity index is 2140. The van der Waals surface area contributed by atoms with Gasteiger partial charge in [-0.15, -0.1) is 0 Å². The maximum atomic E-state index is 11.8. The van der Waals surface area contributed by atoms with Crippen molar-refractivity contribution in [2.24, 2.45) is 0 Å². The summed E-state index contributed by atoms with van der Waals surface area (Å²) in [6.45, 7) is 34.0. The summed E-state index contributed by atoms with van der Waals surface area (Å²) in [5.41, 5.74) is 6.78. The molecule has 0 aliphatic rings. The Hall–Kier alpha value is -4.76. The maximum absolute atomic E-state index is 11.8.